The van der Waals surface area contributed by atoms with E-state index in [0.29, 0.717) is 0 Å². The second-order valence-corrected chi connectivity index (χ2v) is 5.86. The Kier molecular flexibility index (Phi) is 3.81. The Balaban J connectivity index is 1.75. The fourth-order valence-electron chi connectivity index (χ4n) is 3.13. The predicted octanol–water partition coefficient (Wildman–Crippen LogP) is 2.45. The number of hydrogen-bond acceptors (Lipinski definition) is 3. The van der Waals surface area contributed by atoms with Crippen molar-refractivity contribution < 1.29 is 4.74 Å². The van der Waals surface area contributed by atoms with Crippen molar-refractivity contribution >= 4 is 6.08 Å². The van der Waals surface area contributed by atoms with Gasteiger partial charge in [-0.05, 0) is 24.1 Å². The summed E-state index contributed by atoms with van der Waals surface area (Å²) in [5.41, 5.74) is 8.09. The molecule has 2 N–H and O–H groups in total. The third-order valence-electron chi connectivity index (χ3n) is 4.51. The van der Waals surface area contributed by atoms with Gasteiger partial charge in [-0.15, -0.1) is 0 Å². The molecule has 2 aliphatic rings. The Morgan fingerprint density at radius 2 is 2.10 bits per heavy atom. The third kappa shape index (κ3) is 2.60. The van der Waals surface area contributed by atoms with Crippen molar-refractivity contribution in [2.45, 2.75) is 31.8 Å². The minimum Gasteiger partial charge on any atom is -0.482 e. The van der Waals surface area contributed by atoms with Gasteiger partial charge >= 0.3 is 0 Å². The molecule has 3 rings (SSSR count). The van der Waals surface area contributed by atoms with Crippen molar-refractivity contribution in [2.24, 2.45) is 5.73 Å². The van der Waals surface area contributed by atoms with Gasteiger partial charge in [-0.1, -0.05) is 25.1 Å². The molecular weight excluding hydrogens is 248 g/mol. The lowest BCUT2D eigenvalue weighted by molar-refractivity contribution is 0.0398. The van der Waals surface area contributed by atoms with E-state index in [1.807, 2.05) is 0 Å². The highest BCUT2D eigenvalue weighted by Crippen LogP contribution is 2.37. The largest absolute Gasteiger partial charge is 0.482 e. The quantitative estimate of drug-likeness (QED) is 0.918. The molecule has 0 radical (unpaired) electrons. The van der Waals surface area contributed by atoms with Crippen molar-refractivity contribution in [3.63, 3.8) is 0 Å². The zero-order valence-corrected chi connectivity index (χ0v) is 12.3. The van der Waals surface area contributed by atoms with Crippen LogP contribution in [0, 0.1) is 0 Å². The summed E-state index contributed by atoms with van der Waals surface area (Å²) in [5, 5.41) is 0. The van der Waals surface area contributed by atoms with Crippen LogP contribution in [0.5, 0.6) is 5.75 Å². The summed E-state index contributed by atoms with van der Waals surface area (Å²) >= 11 is 0. The maximum absolute atomic E-state index is 6.38. The van der Waals surface area contributed by atoms with Crippen LogP contribution in [0.4, 0.5) is 0 Å². The lowest BCUT2D eigenvalue weighted by Crippen LogP contribution is -2.48. The molecule has 0 bridgehead atoms. The summed E-state index contributed by atoms with van der Waals surface area (Å²) in [4.78, 5) is 2.43. The zero-order chi connectivity index (χ0) is 14.0. The molecule has 2 aliphatic heterocycles. The topological polar surface area (TPSA) is 38.5 Å². The molecule has 0 aromatic heterocycles. The summed E-state index contributed by atoms with van der Waals surface area (Å²) < 4.78 is 6.38. The van der Waals surface area contributed by atoms with E-state index in [0.717, 1.165) is 51.2 Å². The standard InChI is InChI=1S/C17H24N2O/c1-2-14-3-4-15-5-6-17(20-16(15)13-14)7-10-19(11-8-17)12-9-18/h3-6,13H,2,7-12,18H2,1H3. The first-order valence-electron chi connectivity index (χ1n) is 7.68. The number of benzene rings is 1. The fourth-order valence-corrected chi connectivity index (χ4v) is 3.13. The SMILES string of the molecule is CCc1ccc2c(c1)OC1(C=C2)CCN(CCN)CC1. The van der Waals surface area contributed by atoms with E-state index in [9.17, 15) is 0 Å². The minimum atomic E-state index is -0.0928. The zero-order valence-electron chi connectivity index (χ0n) is 12.3. The number of nitrogens with zero attached hydrogens (tertiary/aromatic N) is 1. The van der Waals surface area contributed by atoms with Crippen LogP contribution >= 0.6 is 0 Å². The molecule has 3 heteroatoms. The third-order valence-corrected chi connectivity index (χ3v) is 4.51. The average Bonchev–Trinajstić information content (AvgIpc) is 2.49. The molecule has 1 spiro atoms. The molecule has 0 atom stereocenters. The monoisotopic (exact) mass is 272 g/mol. The van der Waals surface area contributed by atoms with Gasteiger partial charge in [-0.3, -0.25) is 0 Å². The smallest absolute Gasteiger partial charge is 0.130 e. The lowest BCUT2D eigenvalue weighted by atomic mass is 9.88. The minimum absolute atomic E-state index is 0.0928. The summed E-state index contributed by atoms with van der Waals surface area (Å²) in [6.07, 6.45) is 7.66. The van der Waals surface area contributed by atoms with Crippen LogP contribution in [0.2, 0.25) is 0 Å². The number of rotatable bonds is 3. The first-order valence-corrected chi connectivity index (χ1v) is 7.68. The molecule has 20 heavy (non-hydrogen) atoms. The molecule has 1 aromatic carbocycles. The molecular formula is C17H24N2O. The van der Waals surface area contributed by atoms with Crippen molar-refractivity contribution in [1.29, 1.82) is 0 Å². The van der Waals surface area contributed by atoms with Crippen molar-refractivity contribution in [3.05, 3.63) is 35.4 Å². The Morgan fingerprint density at radius 1 is 1.30 bits per heavy atom. The molecule has 0 saturated carbocycles. The second-order valence-electron chi connectivity index (χ2n) is 5.86. The van der Waals surface area contributed by atoms with Crippen LogP contribution < -0.4 is 10.5 Å². The molecule has 1 saturated heterocycles. The molecule has 1 fully saturated rings. The molecule has 3 nitrogen and oxygen atoms in total. The first kappa shape index (κ1) is 13.7. The lowest BCUT2D eigenvalue weighted by Gasteiger charge is -2.42. The van der Waals surface area contributed by atoms with E-state index in [1.54, 1.807) is 0 Å². The van der Waals surface area contributed by atoms with Gasteiger partial charge in [0.15, 0.2) is 0 Å². The van der Waals surface area contributed by atoms with Gasteiger partial charge in [0.05, 0.1) is 0 Å². The van der Waals surface area contributed by atoms with Gasteiger partial charge in [0, 0.05) is 44.6 Å². The van der Waals surface area contributed by atoms with Gasteiger partial charge in [-0.25, -0.2) is 0 Å². The van der Waals surface area contributed by atoms with Crippen LogP contribution in [-0.4, -0.2) is 36.7 Å². The number of hydrogen-bond donors (Lipinski definition) is 1. The number of likely N-dealkylation sites (tertiary alicyclic amines) is 1. The maximum atomic E-state index is 6.38. The van der Waals surface area contributed by atoms with E-state index in [4.69, 9.17) is 10.5 Å². The Morgan fingerprint density at radius 3 is 2.80 bits per heavy atom. The van der Waals surface area contributed by atoms with Gasteiger partial charge in [0.25, 0.3) is 0 Å². The highest BCUT2D eigenvalue weighted by atomic mass is 16.5. The fraction of sp³-hybridized carbons (Fsp3) is 0.529. The Labute approximate surface area is 121 Å². The molecule has 1 aromatic rings. The number of fused-ring (bicyclic) bond motifs is 1. The van der Waals surface area contributed by atoms with E-state index in [1.165, 1.54) is 11.1 Å². The summed E-state index contributed by atoms with van der Waals surface area (Å²) in [5.74, 6) is 1.05. The van der Waals surface area contributed by atoms with E-state index < -0.39 is 0 Å². The Hall–Kier alpha value is -1.32. The molecule has 0 amide bonds. The van der Waals surface area contributed by atoms with Gasteiger partial charge in [-0.2, -0.15) is 0 Å². The molecule has 2 heterocycles. The summed E-state index contributed by atoms with van der Waals surface area (Å²) in [7, 11) is 0. The highest BCUT2D eigenvalue weighted by molar-refractivity contribution is 5.62. The molecule has 0 unspecified atom stereocenters. The van der Waals surface area contributed by atoms with Crippen molar-refractivity contribution in [1.82, 2.24) is 4.90 Å². The van der Waals surface area contributed by atoms with E-state index in [2.05, 4.69) is 42.2 Å². The second kappa shape index (κ2) is 5.58. The molecule has 0 aliphatic carbocycles. The van der Waals surface area contributed by atoms with Crippen LogP contribution in [0.25, 0.3) is 6.08 Å². The van der Waals surface area contributed by atoms with Crippen LogP contribution in [-0.2, 0) is 6.42 Å². The highest BCUT2D eigenvalue weighted by Gasteiger charge is 2.36. The normalized spacial score (nSPS) is 20.7. The van der Waals surface area contributed by atoms with Gasteiger partial charge in [0.1, 0.15) is 11.4 Å². The van der Waals surface area contributed by atoms with Crippen LogP contribution in [0.1, 0.15) is 30.9 Å². The van der Waals surface area contributed by atoms with Crippen LogP contribution in [0.15, 0.2) is 24.3 Å². The van der Waals surface area contributed by atoms with Crippen molar-refractivity contribution in [3.8, 4) is 5.75 Å². The van der Waals surface area contributed by atoms with Gasteiger partial charge < -0.3 is 15.4 Å². The number of aryl methyl sites for hydroxylation is 1. The number of nitrogens with two attached hydrogens (primary N) is 1. The maximum Gasteiger partial charge on any atom is 0.130 e. The van der Waals surface area contributed by atoms with Gasteiger partial charge in [0.2, 0.25) is 0 Å². The molecule has 108 valence electrons. The summed E-state index contributed by atoms with van der Waals surface area (Å²) in [6, 6.07) is 6.56. The van der Waals surface area contributed by atoms with Crippen molar-refractivity contribution in [2.75, 3.05) is 26.2 Å². The number of piperidine rings is 1. The number of ether oxygens (including phenoxy) is 1. The average molecular weight is 272 g/mol. The summed E-state index contributed by atoms with van der Waals surface area (Å²) in [6.45, 7) is 6.07. The van der Waals surface area contributed by atoms with Crippen LogP contribution in [0.3, 0.4) is 0 Å². The van der Waals surface area contributed by atoms with E-state index >= 15 is 0 Å². The first-order chi connectivity index (χ1) is 9.74. The predicted molar refractivity (Wildman–Crippen MR) is 82.9 cm³/mol. The van der Waals surface area contributed by atoms with E-state index in [-0.39, 0.29) is 5.60 Å². The Bertz CT molecular complexity index is 502.